The number of nitrogens with zero attached hydrogens (tertiary/aromatic N) is 2. The highest BCUT2D eigenvalue weighted by Gasteiger charge is 2.39. The summed E-state index contributed by atoms with van der Waals surface area (Å²) in [5, 5.41) is 4.94. The largest absolute Gasteiger partial charge is 0.309 e. The first-order valence-corrected chi connectivity index (χ1v) is 10.7. The van der Waals surface area contributed by atoms with Crippen molar-refractivity contribution in [3.05, 3.63) is 65.8 Å². The van der Waals surface area contributed by atoms with Crippen molar-refractivity contribution in [3.63, 3.8) is 0 Å². The number of benzene rings is 2. The second-order valence-electron chi connectivity index (χ2n) is 6.63. The van der Waals surface area contributed by atoms with E-state index < -0.39 is 22.0 Å². The van der Waals surface area contributed by atoms with Crippen LogP contribution in [-0.4, -0.2) is 36.2 Å². The second-order valence-corrected chi connectivity index (χ2v) is 8.96. The van der Waals surface area contributed by atoms with Crippen LogP contribution < -0.4 is 5.32 Å². The van der Waals surface area contributed by atoms with Crippen LogP contribution in [0.15, 0.2) is 65.7 Å². The Balaban J connectivity index is 1.60. The number of amides is 1. The fraction of sp³-hybridized carbons (Fsp3) is 0.200. The summed E-state index contributed by atoms with van der Waals surface area (Å²) < 4.78 is 27.7. The number of carbonyl (C=O) groups is 1. The number of hydrogen-bond acceptors (Lipinski definition) is 4. The van der Waals surface area contributed by atoms with Crippen LogP contribution in [0, 0.1) is 0 Å². The van der Waals surface area contributed by atoms with Crippen LogP contribution in [0.3, 0.4) is 0 Å². The molecule has 0 spiro atoms. The van der Waals surface area contributed by atoms with Crippen LogP contribution in [0.25, 0.3) is 10.8 Å². The van der Waals surface area contributed by atoms with E-state index in [4.69, 9.17) is 11.6 Å². The van der Waals surface area contributed by atoms with Gasteiger partial charge in [-0.1, -0.05) is 41.9 Å². The van der Waals surface area contributed by atoms with Crippen LogP contribution in [0.4, 0.5) is 5.82 Å². The van der Waals surface area contributed by atoms with E-state index in [0.717, 1.165) is 10.8 Å². The summed E-state index contributed by atoms with van der Waals surface area (Å²) in [5.41, 5.74) is 0. The molecule has 144 valence electrons. The van der Waals surface area contributed by atoms with E-state index in [9.17, 15) is 13.2 Å². The monoisotopic (exact) mass is 415 g/mol. The zero-order valence-corrected chi connectivity index (χ0v) is 16.4. The normalized spacial score (nSPS) is 17.7. The first-order valence-electron chi connectivity index (χ1n) is 8.88. The molecule has 1 aromatic heterocycles. The molecule has 2 aromatic carbocycles. The minimum absolute atomic E-state index is 0.190. The molecule has 2 heterocycles. The van der Waals surface area contributed by atoms with Gasteiger partial charge in [-0.2, -0.15) is 4.31 Å². The Hall–Kier alpha value is -2.48. The van der Waals surface area contributed by atoms with Gasteiger partial charge >= 0.3 is 0 Å². The maximum absolute atomic E-state index is 13.2. The third-order valence-corrected chi connectivity index (χ3v) is 6.94. The van der Waals surface area contributed by atoms with Gasteiger partial charge in [0.2, 0.25) is 15.9 Å². The average molecular weight is 416 g/mol. The van der Waals surface area contributed by atoms with E-state index in [2.05, 4.69) is 10.3 Å². The van der Waals surface area contributed by atoms with E-state index >= 15 is 0 Å². The SMILES string of the molecule is O=C(Nc1ccc(Cl)cn1)[C@H]1CCCN1S(=O)(=O)c1ccc2ccccc2c1. The Morgan fingerprint density at radius 2 is 1.89 bits per heavy atom. The molecular formula is C20H18ClN3O3S. The Morgan fingerprint density at radius 1 is 1.11 bits per heavy atom. The minimum atomic E-state index is -3.79. The van der Waals surface area contributed by atoms with Gasteiger partial charge in [0, 0.05) is 12.7 Å². The van der Waals surface area contributed by atoms with Crippen LogP contribution in [0.1, 0.15) is 12.8 Å². The molecule has 0 unspecified atom stereocenters. The molecule has 0 radical (unpaired) electrons. The van der Waals surface area contributed by atoms with Crippen molar-refractivity contribution in [2.24, 2.45) is 0 Å². The number of anilines is 1. The van der Waals surface area contributed by atoms with Crippen molar-refractivity contribution in [1.82, 2.24) is 9.29 Å². The number of rotatable bonds is 4. The summed E-state index contributed by atoms with van der Waals surface area (Å²) in [4.78, 5) is 16.9. The lowest BCUT2D eigenvalue weighted by molar-refractivity contribution is -0.119. The van der Waals surface area contributed by atoms with Crippen molar-refractivity contribution in [3.8, 4) is 0 Å². The number of fused-ring (bicyclic) bond motifs is 1. The first kappa shape index (κ1) is 18.9. The second kappa shape index (κ2) is 7.50. The van der Waals surface area contributed by atoms with Crippen molar-refractivity contribution >= 4 is 44.1 Å². The standard InChI is InChI=1S/C20H18ClN3O3S/c21-16-8-10-19(22-13-16)23-20(25)18-6-3-11-24(18)28(26,27)17-9-7-14-4-1-2-5-15(14)12-17/h1-2,4-5,7-10,12-13,18H,3,6,11H2,(H,22,23,25)/t18-/m1/s1. The maximum Gasteiger partial charge on any atom is 0.243 e. The fourth-order valence-electron chi connectivity index (χ4n) is 3.41. The number of pyridine rings is 1. The summed E-state index contributed by atoms with van der Waals surface area (Å²) in [7, 11) is -3.79. The number of nitrogens with one attached hydrogen (secondary N) is 1. The number of sulfonamides is 1. The molecule has 4 rings (SSSR count). The van der Waals surface area contributed by atoms with Crippen LogP contribution in [0.5, 0.6) is 0 Å². The Morgan fingerprint density at radius 3 is 2.64 bits per heavy atom. The van der Waals surface area contributed by atoms with E-state index in [0.29, 0.717) is 30.2 Å². The number of hydrogen-bond donors (Lipinski definition) is 1. The van der Waals surface area contributed by atoms with Crippen molar-refractivity contribution in [2.75, 3.05) is 11.9 Å². The van der Waals surface area contributed by atoms with Crippen molar-refractivity contribution < 1.29 is 13.2 Å². The molecule has 1 atom stereocenters. The maximum atomic E-state index is 13.2. The average Bonchev–Trinajstić information content (AvgIpc) is 3.20. The molecule has 6 nitrogen and oxygen atoms in total. The topological polar surface area (TPSA) is 79.4 Å². The van der Waals surface area contributed by atoms with Crippen molar-refractivity contribution in [2.45, 2.75) is 23.8 Å². The van der Waals surface area contributed by atoms with Gasteiger partial charge in [-0.15, -0.1) is 0 Å². The highest BCUT2D eigenvalue weighted by atomic mass is 35.5. The Kier molecular flexibility index (Phi) is 5.05. The first-order chi connectivity index (χ1) is 13.4. The van der Waals surface area contributed by atoms with E-state index in [1.165, 1.54) is 10.5 Å². The molecule has 1 saturated heterocycles. The molecule has 0 saturated carbocycles. The van der Waals surface area contributed by atoms with Gasteiger partial charge in [-0.25, -0.2) is 13.4 Å². The molecule has 0 aliphatic carbocycles. The molecular weight excluding hydrogens is 398 g/mol. The molecule has 28 heavy (non-hydrogen) atoms. The highest BCUT2D eigenvalue weighted by Crippen LogP contribution is 2.28. The van der Waals surface area contributed by atoms with Crippen molar-refractivity contribution in [1.29, 1.82) is 0 Å². The number of aromatic nitrogens is 1. The smallest absolute Gasteiger partial charge is 0.243 e. The van der Waals surface area contributed by atoms with Gasteiger partial charge in [-0.05, 0) is 47.9 Å². The van der Waals surface area contributed by atoms with Gasteiger partial charge in [0.25, 0.3) is 0 Å². The fourth-order valence-corrected chi connectivity index (χ4v) is 5.22. The molecule has 1 amide bonds. The zero-order valence-electron chi connectivity index (χ0n) is 14.9. The molecule has 1 aliphatic heterocycles. The molecule has 1 aliphatic rings. The summed E-state index contributed by atoms with van der Waals surface area (Å²) >= 11 is 5.80. The summed E-state index contributed by atoms with van der Waals surface area (Å²) in [6.07, 6.45) is 2.51. The summed E-state index contributed by atoms with van der Waals surface area (Å²) in [5.74, 6) is -0.0546. The Labute approximate surface area is 168 Å². The molecule has 8 heteroatoms. The van der Waals surface area contributed by atoms with Gasteiger partial charge < -0.3 is 5.32 Å². The predicted octanol–water partition coefficient (Wildman–Crippen LogP) is 3.68. The summed E-state index contributed by atoms with van der Waals surface area (Å²) in [6.45, 7) is 0.307. The van der Waals surface area contributed by atoms with E-state index in [-0.39, 0.29) is 4.90 Å². The molecule has 1 N–H and O–H groups in total. The number of carbonyl (C=O) groups excluding carboxylic acids is 1. The zero-order chi connectivity index (χ0) is 19.7. The van der Waals surface area contributed by atoms with Crippen LogP contribution in [0.2, 0.25) is 5.02 Å². The van der Waals surface area contributed by atoms with E-state index in [1.807, 2.05) is 24.3 Å². The Bertz CT molecular complexity index is 1130. The van der Waals surface area contributed by atoms with E-state index in [1.54, 1.807) is 30.3 Å². The third kappa shape index (κ3) is 3.61. The molecule has 3 aromatic rings. The summed E-state index contributed by atoms with van der Waals surface area (Å²) in [6, 6.07) is 15.0. The predicted molar refractivity (Wildman–Crippen MR) is 109 cm³/mol. The van der Waals surface area contributed by atoms with Crippen LogP contribution in [-0.2, 0) is 14.8 Å². The highest BCUT2D eigenvalue weighted by molar-refractivity contribution is 7.89. The van der Waals surface area contributed by atoms with Crippen LogP contribution >= 0.6 is 11.6 Å². The lowest BCUT2D eigenvalue weighted by Crippen LogP contribution is -2.43. The number of halogens is 1. The minimum Gasteiger partial charge on any atom is -0.309 e. The lowest BCUT2D eigenvalue weighted by atomic mass is 10.1. The van der Waals surface area contributed by atoms with Gasteiger partial charge in [0.1, 0.15) is 11.9 Å². The molecule has 1 fully saturated rings. The quantitative estimate of drug-likeness (QED) is 0.704. The lowest BCUT2D eigenvalue weighted by Gasteiger charge is -2.23. The van der Waals surface area contributed by atoms with Gasteiger partial charge in [0.15, 0.2) is 0 Å². The van der Waals surface area contributed by atoms with Gasteiger partial charge in [0.05, 0.1) is 9.92 Å². The third-order valence-electron chi connectivity index (χ3n) is 4.81. The van der Waals surface area contributed by atoms with Gasteiger partial charge in [-0.3, -0.25) is 4.79 Å². The molecule has 0 bridgehead atoms.